The summed E-state index contributed by atoms with van der Waals surface area (Å²) >= 11 is 1.49. The molecule has 2 heterocycles. The fraction of sp³-hybridized carbons (Fsp3) is 0.467. The summed E-state index contributed by atoms with van der Waals surface area (Å²) in [5.74, 6) is 1.47. The molecule has 3 aromatic rings. The third kappa shape index (κ3) is 3.46. The lowest BCUT2D eigenvalue weighted by Crippen LogP contribution is -2.22. The first-order valence-electron chi connectivity index (χ1n) is 8.11. The average molecular weight is 396 g/mol. The molecule has 140 valence electrons. The molecule has 0 radical (unpaired) electrons. The van der Waals surface area contributed by atoms with Crippen molar-refractivity contribution < 1.29 is 8.42 Å². The van der Waals surface area contributed by atoms with Gasteiger partial charge >= 0.3 is 0 Å². The number of imidazole rings is 1. The van der Waals surface area contributed by atoms with E-state index in [0.29, 0.717) is 16.4 Å². The Hall–Kier alpha value is -1.98. The van der Waals surface area contributed by atoms with Gasteiger partial charge in [-0.3, -0.25) is 0 Å². The SMILES string of the molecule is CCCn1c(CSc2nnnn2C)nc2cc(S(=O)(=O)N(C)C)ccc21. The molecule has 0 atom stereocenters. The molecular formula is C15H21N7O2S2. The molecule has 0 aliphatic heterocycles. The van der Waals surface area contributed by atoms with Crippen molar-refractivity contribution in [3.8, 4) is 0 Å². The molecule has 0 N–H and O–H groups in total. The van der Waals surface area contributed by atoms with Crippen LogP contribution in [0.3, 0.4) is 0 Å². The van der Waals surface area contributed by atoms with E-state index in [0.717, 1.165) is 24.3 Å². The molecule has 2 aromatic heterocycles. The van der Waals surface area contributed by atoms with Crippen molar-refractivity contribution in [2.45, 2.75) is 35.7 Å². The van der Waals surface area contributed by atoms with E-state index >= 15 is 0 Å². The number of tetrazole rings is 1. The molecule has 0 saturated heterocycles. The Balaban J connectivity index is 2.00. The minimum Gasteiger partial charge on any atom is -0.327 e. The predicted octanol–water partition coefficient (Wildman–Crippen LogP) is 1.51. The number of thioether (sulfide) groups is 1. The van der Waals surface area contributed by atoms with Crippen LogP contribution < -0.4 is 0 Å². The molecule has 3 rings (SSSR count). The van der Waals surface area contributed by atoms with Crippen LogP contribution in [0.25, 0.3) is 11.0 Å². The number of aryl methyl sites for hydroxylation is 2. The third-order valence-electron chi connectivity index (χ3n) is 3.94. The van der Waals surface area contributed by atoms with Crippen LogP contribution >= 0.6 is 11.8 Å². The minimum absolute atomic E-state index is 0.243. The zero-order valence-corrected chi connectivity index (χ0v) is 16.7. The van der Waals surface area contributed by atoms with Gasteiger partial charge in [-0.05, 0) is 35.0 Å². The van der Waals surface area contributed by atoms with Crippen molar-refractivity contribution >= 4 is 32.8 Å². The Kier molecular flexibility index (Phi) is 5.30. The number of nitrogens with zero attached hydrogens (tertiary/aromatic N) is 7. The van der Waals surface area contributed by atoms with Crippen molar-refractivity contribution in [3.63, 3.8) is 0 Å². The lowest BCUT2D eigenvalue weighted by atomic mass is 10.3. The van der Waals surface area contributed by atoms with Crippen molar-refractivity contribution in [2.75, 3.05) is 14.1 Å². The maximum Gasteiger partial charge on any atom is 0.242 e. The predicted molar refractivity (Wildman–Crippen MR) is 99.3 cm³/mol. The second-order valence-electron chi connectivity index (χ2n) is 5.99. The second kappa shape index (κ2) is 7.33. The summed E-state index contributed by atoms with van der Waals surface area (Å²) in [4.78, 5) is 4.92. The number of rotatable bonds is 7. The van der Waals surface area contributed by atoms with Gasteiger partial charge in [0.25, 0.3) is 0 Å². The first kappa shape index (κ1) is 18.8. The van der Waals surface area contributed by atoms with Gasteiger partial charge in [0.1, 0.15) is 5.82 Å². The standard InChI is InChI=1S/C15H21N7O2S2/c1-5-8-22-13-7-6-11(26(23,24)20(2)3)9-12(13)16-14(22)10-25-15-17-18-19-21(15)4/h6-7,9H,5,8,10H2,1-4H3. The number of aromatic nitrogens is 6. The van der Waals surface area contributed by atoms with Gasteiger partial charge in [0.2, 0.25) is 15.2 Å². The molecule has 0 fully saturated rings. The number of sulfonamides is 1. The highest BCUT2D eigenvalue weighted by Gasteiger charge is 2.20. The molecule has 11 heteroatoms. The summed E-state index contributed by atoms with van der Waals surface area (Å²) in [5.41, 5.74) is 1.60. The van der Waals surface area contributed by atoms with Gasteiger partial charge in [-0.2, -0.15) is 0 Å². The van der Waals surface area contributed by atoms with E-state index in [2.05, 4.69) is 32.0 Å². The molecule has 26 heavy (non-hydrogen) atoms. The molecule has 9 nitrogen and oxygen atoms in total. The largest absolute Gasteiger partial charge is 0.327 e. The number of hydrogen-bond acceptors (Lipinski definition) is 7. The van der Waals surface area contributed by atoms with E-state index in [-0.39, 0.29) is 4.90 Å². The van der Waals surface area contributed by atoms with Crippen LogP contribution in [0.2, 0.25) is 0 Å². The molecule has 0 bridgehead atoms. The molecule has 1 aromatic carbocycles. The zero-order valence-electron chi connectivity index (χ0n) is 15.1. The van der Waals surface area contributed by atoms with Crippen LogP contribution in [0.4, 0.5) is 0 Å². The molecular weight excluding hydrogens is 374 g/mol. The second-order valence-corrected chi connectivity index (χ2v) is 9.09. The van der Waals surface area contributed by atoms with Crippen LogP contribution in [0.15, 0.2) is 28.3 Å². The normalized spacial score (nSPS) is 12.3. The Morgan fingerprint density at radius 2 is 2.04 bits per heavy atom. The third-order valence-corrected chi connectivity index (χ3v) is 6.75. The van der Waals surface area contributed by atoms with Gasteiger partial charge in [-0.15, -0.1) is 5.10 Å². The molecule has 0 amide bonds. The van der Waals surface area contributed by atoms with Crippen LogP contribution in [0, 0.1) is 0 Å². The van der Waals surface area contributed by atoms with Gasteiger partial charge in [0.15, 0.2) is 0 Å². The Labute approximate surface area is 156 Å². The average Bonchev–Trinajstić information content (AvgIpc) is 3.16. The van der Waals surface area contributed by atoms with E-state index in [1.165, 1.54) is 30.2 Å². The molecule has 0 aliphatic rings. The molecule has 0 saturated carbocycles. The summed E-state index contributed by atoms with van der Waals surface area (Å²) in [7, 11) is 1.34. The van der Waals surface area contributed by atoms with Crippen molar-refractivity contribution in [3.05, 3.63) is 24.0 Å². The molecule has 0 unspecified atom stereocenters. The van der Waals surface area contributed by atoms with E-state index in [9.17, 15) is 8.42 Å². The maximum absolute atomic E-state index is 12.4. The van der Waals surface area contributed by atoms with Gasteiger partial charge < -0.3 is 4.57 Å². The highest BCUT2D eigenvalue weighted by atomic mass is 32.2. The Morgan fingerprint density at radius 1 is 1.27 bits per heavy atom. The maximum atomic E-state index is 12.4. The van der Waals surface area contributed by atoms with Crippen molar-refractivity contribution in [1.82, 2.24) is 34.1 Å². The van der Waals surface area contributed by atoms with Crippen molar-refractivity contribution in [1.29, 1.82) is 0 Å². The van der Waals surface area contributed by atoms with Crippen molar-refractivity contribution in [2.24, 2.45) is 7.05 Å². The van der Waals surface area contributed by atoms with E-state index in [1.807, 2.05) is 6.07 Å². The van der Waals surface area contributed by atoms with E-state index < -0.39 is 10.0 Å². The number of hydrogen-bond donors (Lipinski definition) is 0. The van der Waals surface area contributed by atoms with Crippen LogP contribution in [0.1, 0.15) is 19.2 Å². The minimum atomic E-state index is -3.49. The highest BCUT2D eigenvalue weighted by Crippen LogP contribution is 2.26. The fourth-order valence-electron chi connectivity index (χ4n) is 2.59. The number of benzene rings is 1. The smallest absolute Gasteiger partial charge is 0.242 e. The topological polar surface area (TPSA) is 98.8 Å². The number of fused-ring (bicyclic) bond motifs is 1. The van der Waals surface area contributed by atoms with Gasteiger partial charge in [0, 0.05) is 27.7 Å². The summed E-state index contributed by atoms with van der Waals surface area (Å²) in [6.07, 6.45) is 0.951. The van der Waals surface area contributed by atoms with Gasteiger partial charge in [0.05, 0.1) is 21.7 Å². The summed E-state index contributed by atoms with van der Waals surface area (Å²) in [5, 5.41) is 12.1. The van der Waals surface area contributed by atoms with E-state index in [4.69, 9.17) is 0 Å². The summed E-state index contributed by atoms with van der Waals surface area (Å²) in [6, 6.07) is 5.09. The van der Waals surface area contributed by atoms with Crippen LogP contribution in [0.5, 0.6) is 0 Å². The van der Waals surface area contributed by atoms with Crippen LogP contribution in [-0.4, -0.2) is 56.6 Å². The lowest BCUT2D eigenvalue weighted by Gasteiger charge is -2.11. The fourth-order valence-corrected chi connectivity index (χ4v) is 4.31. The summed E-state index contributed by atoms with van der Waals surface area (Å²) < 4.78 is 29.7. The van der Waals surface area contributed by atoms with E-state index in [1.54, 1.807) is 23.9 Å². The first-order valence-corrected chi connectivity index (χ1v) is 10.5. The highest BCUT2D eigenvalue weighted by molar-refractivity contribution is 7.98. The van der Waals surface area contributed by atoms with Crippen LogP contribution in [-0.2, 0) is 29.4 Å². The quantitative estimate of drug-likeness (QED) is 0.559. The first-order chi connectivity index (χ1) is 12.3. The van der Waals surface area contributed by atoms with Gasteiger partial charge in [-0.1, -0.05) is 18.7 Å². The zero-order chi connectivity index (χ0) is 18.9. The monoisotopic (exact) mass is 395 g/mol. The molecule has 0 spiro atoms. The Bertz CT molecular complexity index is 1020. The summed E-state index contributed by atoms with van der Waals surface area (Å²) in [6.45, 7) is 2.91. The lowest BCUT2D eigenvalue weighted by molar-refractivity contribution is 0.521. The van der Waals surface area contributed by atoms with Gasteiger partial charge in [-0.25, -0.2) is 22.4 Å². The Morgan fingerprint density at radius 3 is 2.65 bits per heavy atom. The molecule has 0 aliphatic carbocycles.